The average molecular weight is 338 g/mol. The van der Waals surface area contributed by atoms with Gasteiger partial charge in [0.25, 0.3) is 0 Å². The fourth-order valence-electron chi connectivity index (χ4n) is 3.14. The molecule has 2 N–H and O–H groups in total. The lowest BCUT2D eigenvalue weighted by Gasteiger charge is -2.26. The Morgan fingerprint density at radius 2 is 1.91 bits per heavy atom. The Hall–Kier alpha value is -1.40. The second-order valence-electron chi connectivity index (χ2n) is 6.68. The van der Waals surface area contributed by atoms with Crippen LogP contribution >= 0.6 is 0 Å². The molecule has 1 saturated carbocycles. The molecule has 1 aromatic carbocycles. The molecule has 0 aromatic heterocycles. The molecular weight excluding hydrogens is 312 g/mol. The molecule has 0 aliphatic heterocycles. The number of carbonyl (C=O) groups is 1. The molecule has 1 aliphatic carbocycles. The summed E-state index contributed by atoms with van der Waals surface area (Å²) in [6.45, 7) is 2.51. The molecule has 5 nitrogen and oxygen atoms in total. The maximum absolute atomic E-state index is 12.1. The first kappa shape index (κ1) is 17.9. The van der Waals surface area contributed by atoms with Gasteiger partial charge in [-0.2, -0.15) is 0 Å². The molecule has 6 heteroatoms. The van der Waals surface area contributed by atoms with E-state index in [1.807, 2.05) is 12.1 Å². The van der Waals surface area contributed by atoms with Crippen molar-refractivity contribution in [3.63, 3.8) is 0 Å². The largest absolute Gasteiger partial charge is 0.326 e. The van der Waals surface area contributed by atoms with Crippen molar-refractivity contribution in [1.29, 1.82) is 0 Å². The topological polar surface area (TPSA) is 75.3 Å². The smallest absolute Gasteiger partial charge is 0.224 e. The molecule has 0 heterocycles. The molecule has 0 spiro atoms. The molecule has 2 unspecified atom stereocenters. The highest BCUT2D eigenvalue weighted by molar-refractivity contribution is 7.88. The lowest BCUT2D eigenvalue weighted by atomic mass is 9.81. The maximum atomic E-state index is 12.1. The van der Waals surface area contributed by atoms with Crippen LogP contribution in [-0.4, -0.2) is 20.6 Å². The monoisotopic (exact) mass is 338 g/mol. The van der Waals surface area contributed by atoms with Gasteiger partial charge in [0.2, 0.25) is 15.9 Å². The third kappa shape index (κ3) is 6.71. The summed E-state index contributed by atoms with van der Waals surface area (Å²) in [5.74, 6) is 1.28. The molecule has 0 bridgehead atoms. The van der Waals surface area contributed by atoms with Crippen LogP contribution in [0.25, 0.3) is 0 Å². The molecule has 1 aromatic rings. The molecule has 2 rings (SSSR count). The number of rotatable bonds is 6. The van der Waals surface area contributed by atoms with Gasteiger partial charge in [-0.1, -0.05) is 31.9 Å². The zero-order valence-corrected chi connectivity index (χ0v) is 14.7. The van der Waals surface area contributed by atoms with E-state index in [9.17, 15) is 13.2 Å². The predicted molar refractivity (Wildman–Crippen MR) is 92.5 cm³/mol. The van der Waals surface area contributed by atoms with Gasteiger partial charge >= 0.3 is 0 Å². The van der Waals surface area contributed by atoms with Crippen molar-refractivity contribution in [2.45, 2.75) is 45.6 Å². The van der Waals surface area contributed by atoms with E-state index in [4.69, 9.17) is 0 Å². The fourth-order valence-corrected chi connectivity index (χ4v) is 3.57. The fraction of sp³-hybridized carbons (Fsp3) is 0.588. The first-order valence-electron chi connectivity index (χ1n) is 8.15. The number of benzene rings is 1. The molecule has 0 radical (unpaired) electrons. The number of nitrogens with one attached hydrogen (secondary N) is 2. The number of amides is 1. The molecule has 2 atom stereocenters. The first-order chi connectivity index (χ1) is 10.8. The number of anilines is 1. The van der Waals surface area contributed by atoms with Gasteiger partial charge < -0.3 is 5.32 Å². The predicted octanol–water partition coefficient (Wildman–Crippen LogP) is 2.89. The van der Waals surface area contributed by atoms with Crippen LogP contribution in [0.5, 0.6) is 0 Å². The van der Waals surface area contributed by atoms with Gasteiger partial charge in [0.15, 0.2) is 0 Å². The zero-order chi connectivity index (χ0) is 16.9. The third-order valence-electron chi connectivity index (χ3n) is 4.30. The molecule has 1 aliphatic rings. The lowest BCUT2D eigenvalue weighted by Crippen LogP contribution is -2.21. The van der Waals surface area contributed by atoms with Crippen molar-refractivity contribution in [2.24, 2.45) is 11.8 Å². The van der Waals surface area contributed by atoms with Gasteiger partial charge in [-0.3, -0.25) is 4.79 Å². The van der Waals surface area contributed by atoms with E-state index in [0.29, 0.717) is 12.3 Å². The summed E-state index contributed by atoms with van der Waals surface area (Å²) < 4.78 is 24.6. The standard InChI is InChI=1S/C17H26N2O3S/c1-13-4-3-5-15(10-13)11-17(20)19-16-8-6-14(7-9-16)12-18-23(2,21)22/h6-9,13,15,18H,3-5,10-12H2,1-2H3,(H,19,20). The van der Waals surface area contributed by atoms with E-state index in [1.165, 1.54) is 12.8 Å². The minimum absolute atomic E-state index is 0.0612. The number of carbonyl (C=O) groups excluding carboxylic acids is 1. The van der Waals surface area contributed by atoms with Crippen molar-refractivity contribution in [1.82, 2.24) is 4.72 Å². The molecule has 1 amide bonds. The summed E-state index contributed by atoms with van der Waals surface area (Å²) in [6.07, 6.45) is 6.51. The maximum Gasteiger partial charge on any atom is 0.224 e. The Bertz CT molecular complexity index is 626. The summed E-state index contributed by atoms with van der Waals surface area (Å²) in [7, 11) is -3.19. The van der Waals surface area contributed by atoms with Crippen molar-refractivity contribution in [2.75, 3.05) is 11.6 Å². The van der Waals surface area contributed by atoms with E-state index in [2.05, 4.69) is 17.0 Å². The normalized spacial score (nSPS) is 21.8. The van der Waals surface area contributed by atoms with Crippen molar-refractivity contribution in [3.05, 3.63) is 29.8 Å². The molecule has 23 heavy (non-hydrogen) atoms. The van der Waals surface area contributed by atoms with Crippen LogP contribution < -0.4 is 10.0 Å². The average Bonchev–Trinajstić information content (AvgIpc) is 2.45. The van der Waals surface area contributed by atoms with Crippen molar-refractivity contribution < 1.29 is 13.2 Å². The summed E-state index contributed by atoms with van der Waals surface area (Å²) in [5, 5.41) is 2.93. The summed E-state index contributed by atoms with van der Waals surface area (Å²) >= 11 is 0. The zero-order valence-electron chi connectivity index (χ0n) is 13.8. The van der Waals surface area contributed by atoms with E-state index in [-0.39, 0.29) is 12.5 Å². The summed E-state index contributed by atoms with van der Waals surface area (Å²) in [5.41, 5.74) is 1.61. The van der Waals surface area contributed by atoms with Crippen LogP contribution in [-0.2, 0) is 21.4 Å². The highest BCUT2D eigenvalue weighted by atomic mass is 32.2. The van der Waals surface area contributed by atoms with Crippen molar-refractivity contribution >= 4 is 21.6 Å². The SMILES string of the molecule is CC1CCCC(CC(=O)Nc2ccc(CNS(C)(=O)=O)cc2)C1. The van der Waals surface area contributed by atoms with Crippen LogP contribution in [0.2, 0.25) is 0 Å². The molecule has 1 fully saturated rings. The lowest BCUT2D eigenvalue weighted by molar-refractivity contribution is -0.117. The second kappa shape index (κ2) is 7.93. The Kier molecular flexibility index (Phi) is 6.18. The van der Waals surface area contributed by atoms with Gasteiger partial charge in [-0.15, -0.1) is 0 Å². The number of sulfonamides is 1. The molecule has 128 valence electrons. The number of hydrogen-bond donors (Lipinski definition) is 2. The summed E-state index contributed by atoms with van der Waals surface area (Å²) in [4.78, 5) is 12.1. The highest BCUT2D eigenvalue weighted by Crippen LogP contribution is 2.30. The quantitative estimate of drug-likeness (QED) is 0.837. The van der Waals surface area contributed by atoms with E-state index in [0.717, 1.165) is 36.3 Å². The van der Waals surface area contributed by atoms with E-state index >= 15 is 0 Å². The van der Waals surface area contributed by atoms with Gasteiger partial charge in [0.1, 0.15) is 0 Å². The Labute approximate surface area is 138 Å². The van der Waals surface area contributed by atoms with Gasteiger partial charge in [0.05, 0.1) is 6.26 Å². The summed E-state index contributed by atoms with van der Waals surface area (Å²) in [6, 6.07) is 7.24. The number of hydrogen-bond acceptors (Lipinski definition) is 3. The highest BCUT2D eigenvalue weighted by Gasteiger charge is 2.21. The van der Waals surface area contributed by atoms with Crippen LogP contribution in [0.15, 0.2) is 24.3 Å². The molecular formula is C17H26N2O3S. The van der Waals surface area contributed by atoms with Gasteiger partial charge in [-0.05, 0) is 42.4 Å². The minimum Gasteiger partial charge on any atom is -0.326 e. The Morgan fingerprint density at radius 1 is 1.22 bits per heavy atom. The Balaban J connectivity index is 1.81. The van der Waals surface area contributed by atoms with E-state index < -0.39 is 10.0 Å². The van der Waals surface area contributed by atoms with Crippen LogP contribution in [0, 0.1) is 11.8 Å². The third-order valence-corrected chi connectivity index (χ3v) is 4.96. The van der Waals surface area contributed by atoms with E-state index in [1.54, 1.807) is 12.1 Å². The van der Waals surface area contributed by atoms with Crippen LogP contribution in [0.1, 0.15) is 44.6 Å². The van der Waals surface area contributed by atoms with Crippen LogP contribution in [0.4, 0.5) is 5.69 Å². The second-order valence-corrected chi connectivity index (χ2v) is 8.51. The van der Waals surface area contributed by atoms with Crippen molar-refractivity contribution in [3.8, 4) is 0 Å². The van der Waals surface area contributed by atoms with Gasteiger partial charge in [-0.25, -0.2) is 13.1 Å². The minimum atomic E-state index is -3.19. The molecule has 0 saturated heterocycles. The first-order valence-corrected chi connectivity index (χ1v) is 10.0. The van der Waals surface area contributed by atoms with Crippen LogP contribution in [0.3, 0.4) is 0 Å². The Morgan fingerprint density at radius 3 is 2.52 bits per heavy atom. The van der Waals surface area contributed by atoms with Gasteiger partial charge in [0, 0.05) is 18.7 Å².